The van der Waals surface area contributed by atoms with E-state index in [4.69, 9.17) is 11.6 Å². The molecule has 7 nitrogen and oxygen atoms in total. The first kappa shape index (κ1) is 14.9. The van der Waals surface area contributed by atoms with Crippen molar-refractivity contribution in [3.8, 4) is 0 Å². The van der Waals surface area contributed by atoms with Gasteiger partial charge in [0.05, 0.1) is 0 Å². The number of pyridine rings is 1. The average Bonchev–Trinajstić information content (AvgIpc) is 2.40. The van der Waals surface area contributed by atoms with E-state index in [1.54, 1.807) is 0 Å². The van der Waals surface area contributed by atoms with Crippen molar-refractivity contribution in [2.45, 2.75) is 23.8 Å². The first-order valence-electron chi connectivity index (χ1n) is 5.76. The summed E-state index contributed by atoms with van der Waals surface area (Å²) in [7, 11) is -2.65. The molecule has 0 saturated carbocycles. The van der Waals surface area contributed by atoms with Crippen LogP contribution in [-0.2, 0) is 19.6 Å². The largest absolute Gasteiger partial charge is 0.284 e. The Morgan fingerprint density at radius 2 is 2.15 bits per heavy atom. The zero-order valence-corrected chi connectivity index (χ0v) is 12.1. The summed E-state index contributed by atoms with van der Waals surface area (Å²) in [6.07, 6.45) is 1.59. The van der Waals surface area contributed by atoms with Crippen LogP contribution < -0.4 is 4.72 Å². The molecule has 1 aliphatic rings. The number of carbonyl (C=O) groups is 2. The molecule has 1 aliphatic heterocycles. The van der Waals surface area contributed by atoms with Crippen LogP contribution in [0.15, 0.2) is 23.2 Å². The predicted octanol–water partition coefficient (Wildman–Crippen LogP) is 0.161. The number of aromatic nitrogens is 1. The second-order valence-electron chi connectivity index (χ2n) is 4.30. The van der Waals surface area contributed by atoms with Crippen LogP contribution >= 0.6 is 11.6 Å². The van der Waals surface area contributed by atoms with Gasteiger partial charge in [-0.2, -0.15) is 4.72 Å². The van der Waals surface area contributed by atoms with Crippen molar-refractivity contribution in [1.82, 2.24) is 14.6 Å². The zero-order chi connectivity index (χ0) is 14.9. The molecule has 2 amide bonds. The van der Waals surface area contributed by atoms with Gasteiger partial charge in [0.1, 0.15) is 16.1 Å². The first-order valence-corrected chi connectivity index (χ1v) is 7.62. The van der Waals surface area contributed by atoms with Gasteiger partial charge in [-0.15, -0.1) is 0 Å². The Balaban J connectivity index is 2.24. The molecule has 1 unspecified atom stereocenters. The van der Waals surface area contributed by atoms with E-state index in [1.807, 2.05) is 0 Å². The molecule has 2 heterocycles. The fourth-order valence-electron chi connectivity index (χ4n) is 1.85. The lowest BCUT2D eigenvalue weighted by atomic mass is 10.1. The van der Waals surface area contributed by atoms with Gasteiger partial charge in [-0.1, -0.05) is 11.6 Å². The highest BCUT2D eigenvalue weighted by molar-refractivity contribution is 7.89. The van der Waals surface area contributed by atoms with Crippen LogP contribution in [0.25, 0.3) is 0 Å². The van der Waals surface area contributed by atoms with Crippen molar-refractivity contribution in [2.75, 3.05) is 7.05 Å². The van der Waals surface area contributed by atoms with Gasteiger partial charge in [-0.25, -0.2) is 13.4 Å². The lowest BCUT2D eigenvalue weighted by molar-refractivity contribution is -0.147. The number of amides is 2. The van der Waals surface area contributed by atoms with E-state index < -0.39 is 22.0 Å². The van der Waals surface area contributed by atoms with Gasteiger partial charge in [0, 0.05) is 19.7 Å². The number of carbonyl (C=O) groups excluding carboxylic acids is 2. The van der Waals surface area contributed by atoms with Gasteiger partial charge in [0.25, 0.3) is 0 Å². The van der Waals surface area contributed by atoms with Crippen LogP contribution in [0.3, 0.4) is 0 Å². The fourth-order valence-corrected chi connectivity index (χ4v) is 3.52. The molecule has 1 aromatic rings. The van der Waals surface area contributed by atoms with Crippen LogP contribution in [0.4, 0.5) is 0 Å². The van der Waals surface area contributed by atoms with Crippen molar-refractivity contribution < 1.29 is 18.0 Å². The molecular formula is C11H12ClN3O4S. The Morgan fingerprint density at radius 3 is 2.80 bits per heavy atom. The lowest BCUT2D eigenvalue weighted by Crippen LogP contribution is -2.52. The normalized spacial score (nSPS) is 20.3. The second kappa shape index (κ2) is 5.47. The highest BCUT2D eigenvalue weighted by Gasteiger charge is 2.35. The molecule has 0 bridgehead atoms. The molecule has 1 saturated heterocycles. The minimum atomic E-state index is -3.97. The van der Waals surface area contributed by atoms with Gasteiger partial charge < -0.3 is 0 Å². The summed E-state index contributed by atoms with van der Waals surface area (Å²) in [5, 5.41) is -0.173. The number of sulfonamides is 1. The second-order valence-corrected chi connectivity index (χ2v) is 6.34. The zero-order valence-electron chi connectivity index (χ0n) is 10.5. The quantitative estimate of drug-likeness (QED) is 0.633. The third-order valence-electron chi connectivity index (χ3n) is 2.96. The summed E-state index contributed by atoms with van der Waals surface area (Å²) in [5.41, 5.74) is 0. The molecule has 9 heteroatoms. The molecule has 0 spiro atoms. The Labute approximate surface area is 121 Å². The summed E-state index contributed by atoms with van der Waals surface area (Å²) < 4.78 is 26.6. The van der Waals surface area contributed by atoms with Gasteiger partial charge in [0.2, 0.25) is 21.8 Å². The lowest BCUT2D eigenvalue weighted by Gasteiger charge is -2.27. The number of likely N-dealkylation sites (tertiary alicyclic amines) is 1. The van der Waals surface area contributed by atoms with Crippen molar-refractivity contribution in [3.63, 3.8) is 0 Å². The first-order chi connectivity index (χ1) is 9.33. The minimum absolute atomic E-state index is 0.107. The summed E-state index contributed by atoms with van der Waals surface area (Å²) in [5.74, 6) is -0.908. The third kappa shape index (κ3) is 2.82. The Kier molecular flexibility index (Phi) is 4.07. The van der Waals surface area contributed by atoms with Crippen LogP contribution in [0, 0.1) is 0 Å². The number of nitrogens with zero attached hydrogens (tertiary/aromatic N) is 2. The standard InChI is InChI=1S/C11H12ClN3O4S/c1-15-9(16)5-4-7(11(15)17)14-20(18,19)8-3-2-6-13-10(8)12/h2-3,6-7,14H,4-5H2,1H3. The molecular weight excluding hydrogens is 306 g/mol. The molecule has 1 atom stereocenters. The van der Waals surface area contributed by atoms with Crippen LogP contribution in [0.2, 0.25) is 5.15 Å². The maximum atomic E-state index is 12.2. The summed E-state index contributed by atoms with van der Waals surface area (Å²) >= 11 is 5.73. The highest BCUT2D eigenvalue weighted by atomic mass is 35.5. The van der Waals surface area contributed by atoms with Crippen LogP contribution in [0.1, 0.15) is 12.8 Å². The number of halogens is 1. The summed E-state index contributed by atoms with van der Waals surface area (Å²) in [6.45, 7) is 0. The Morgan fingerprint density at radius 1 is 1.45 bits per heavy atom. The van der Waals surface area contributed by atoms with E-state index >= 15 is 0 Å². The van der Waals surface area contributed by atoms with E-state index in [0.717, 1.165) is 4.90 Å². The van der Waals surface area contributed by atoms with E-state index in [1.165, 1.54) is 25.4 Å². The van der Waals surface area contributed by atoms with Crippen LogP contribution in [0.5, 0.6) is 0 Å². The number of likely N-dealkylation sites (N-methyl/N-ethyl adjacent to an activating group) is 1. The van der Waals surface area contributed by atoms with Crippen molar-refractivity contribution in [3.05, 3.63) is 23.5 Å². The van der Waals surface area contributed by atoms with Crippen LogP contribution in [-0.4, -0.2) is 43.2 Å². The minimum Gasteiger partial charge on any atom is -0.284 e. The van der Waals surface area contributed by atoms with E-state index in [0.29, 0.717) is 0 Å². The summed E-state index contributed by atoms with van der Waals surface area (Å²) in [6, 6.07) is 1.75. The molecule has 1 N–H and O–H groups in total. The maximum Gasteiger partial charge on any atom is 0.247 e. The number of hydrogen-bond acceptors (Lipinski definition) is 5. The van der Waals surface area contributed by atoms with Crippen molar-refractivity contribution >= 4 is 33.4 Å². The Bertz CT molecular complexity index is 661. The Hall–Kier alpha value is -1.51. The van der Waals surface area contributed by atoms with E-state index in [-0.39, 0.29) is 28.8 Å². The van der Waals surface area contributed by atoms with Crippen molar-refractivity contribution in [2.24, 2.45) is 0 Å². The average molecular weight is 318 g/mol. The molecule has 0 aliphatic carbocycles. The molecule has 108 valence electrons. The molecule has 2 rings (SSSR count). The highest BCUT2D eigenvalue weighted by Crippen LogP contribution is 2.20. The third-order valence-corrected chi connectivity index (χ3v) is 4.88. The SMILES string of the molecule is CN1C(=O)CCC(NS(=O)(=O)c2cccnc2Cl)C1=O. The molecule has 0 radical (unpaired) electrons. The molecule has 1 fully saturated rings. The molecule has 1 aromatic heterocycles. The predicted molar refractivity (Wildman–Crippen MR) is 70.4 cm³/mol. The number of nitrogens with one attached hydrogen (secondary N) is 1. The number of piperidine rings is 1. The molecule has 20 heavy (non-hydrogen) atoms. The molecule has 0 aromatic carbocycles. The topological polar surface area (TPSA) is 96.4 Å². The number of imide groups is 1. The smallest absolute Gasteiger partial charge is 0.247 e. The van der Waals surface area contributed by atoms with Gasteiger partial charge in [-0.05, 0) is 18.6 Å². The van der Waals surface area contributed by atoms with Gasteiger partial charge >= 0.3 is 0 Å². The van der Waals surface area contributed by atoms with Gasteiger partial charge in [-0.3, -0.25) is 14.5 Å². The summed E-state index contributed by atoms with van der Waals surface area (Å²) in [4.78, 5) is 27.6. The maximum absolute atomic E-state index is 12.2. The fraction of sp³-hybridized carbons (Fsp3) is 0.364. The van der Waals surface area contributed by atoms with E-state index in [9.17, 15) is 18.0 Å². The van der Waals surface area contributed by atoms with Crippen molar-refractivity contribution in [1.29, 1.82) is 0 Å². The number of hydrogen-bond donors (Lipinski definition) is 1. The van der Waals surface area contributed by atoms with Gasteiger partial charge in [0.15, 0.2) is 0 Å². The van der Waals surface area contributed by atoms with E-state index in [2.05, 4.69) is 9.71 Å². The monoisotopic (exact) mass is 317 g/mol. The number of rotatable bonds is 3.